The number of hydrogen-bond acceptors (Lipinski definition) is 5. The molecule has 9 heteroatoms. The topological polar surface area (TPSA) is 92.0 Å². The SMILES string of the molecule is CCNC(=NCCNc1ccc([N+](=O)[O-])cc1)N(C)CCC1CCOCC1.I. The number of nitrogens with zero attached hydrogens (tertiary/aromatic N) is 3. The van der Waals surface area contributed by atoms with Crippen molar-refractivity contribution in [2.45, 2.75) is 26.2 Å². The summed E-state index contributed by atoms with van der Waals surface area (Å²) in [5, 5.41) is 17.3. The van der Waals surface area contributed by atoms with E-state index in [1.54, 1.807) is 12.1 Å². The lowest BCUT2D eigenvalue weighted by Crippen LogP contribution is -2.40. The predicted molar refractivity (Wildman–Crippen MR) is 124 cm³/mol. The Morgan fingerprint density at radius 3 is 2.61 bits per heavy atom. The molecule has 2 rings (SSSR count). The monoisotopic (exact) mass is 505 g/mol. The number of nitro groups is 1. The Bertz CT molecular complexity index is 606. The summed E-state index contributed by atoms with van der Waals surface area (Å²) in [7, 11) is 2.07. The average Bonchev–Trinajstić information content (AvgIpc) is 2.69. The van der Waals surface area contributed by atoms with E-state index >= 15 is 0 Å². The van der Waals surface area contributed by atoms with Crippen LogP contribution in [0.15, 0.2) is 29.3 Å². The highest BCUT2D eigenvalue weighted by molar-refractivity contribution is 14.0. The molecule has 1 aliphatic rings. The van der Waals surface area contributed by atoms with Crippen LogP contribution in [0.3, 0.4) is 0 Å². The first kappa shape index (κ1) is 24.4. The summed E-state index contributed by atoms with van der Waals surface area (Å²) in [5.41, 5.74) is 0.952. The normalized spacial score (nSPS) is 14.9. The first-order valence-electron chi connectivity index (χ1n) is 9.65. The van der Waals surface area contributed by atoms with Gasteiger partial charge >= 0.3 is 0 Å². The molecule has 0 atom stereocenters. The number of hydrogen-bond donors (Lipinski definition) is 2. The fourth-order valence-electron chi connectivity index (χ4n) is 3.05. The van der Waals surface area contributed by atoms with Crippen molar-refractivity contribution in [1.82, 2.24) is 10.2 Å². The lowest BCUT2D eigenvalue weighted by atomic mass is 9.96. The fourth-order valence-corrected chi connectivity index (χ4v) is 3.05. The minimum atomic E-state index is -0.396. The zero-order valence-corrected chi connectivity index (χ0v) is 19.1. The zero-order chi connectivity index (χ0) is 19.5. The van der Waals surface area contributed by atoms with Crippen LogP contribution in [0.4, 0.5) is 11.4 Å². The number of nitrogens with one attached hydrogen (secondary N) is 2. The molecule has 0 aliphatic carbocycles. The molecule has 0 radical (unpaired) electrons. The summed E-state index contributed by atoms with van der Waals surface area (Å²) < 4.78 is 5.42. The van der Waals surface area contributed by atoms with Crippen LogP contribution >= 0.6 is 24.0 Å². The van der Waals surface area contributed by atoms with Gasteiger partial charge in [-0.1, -0.05) is 0 Å². The molecule has 28 heavy (non-hydrogen) atoms. The minimum Gasteiger partial charge on any atom is -0.383 e. The van der Waals surface area contributed by atoms with Crippen LogP contribution in [0.1, 0.15) is 26.2 Å². The second-order valence-corrected chi connectivity index (χ2v) is 6.73. The summed E-state index contributed by atoms with van der Waals surface area (Å²) in [4.78, 5) is 17.1. The summed E-state index contributed by atoms with van der Waals surface area (Å²) >= 11 is 0. The number of nitro benzene ring substituents is 1. The highest BCUT2D eigenvalue weighted by atomic mass is 127. The number of benzene rings is 1. The summed E-state index contributed by atoms with van der Waals surface area (Å²) in [6.45, 7) is 6.94. The number of rotatable bonds is 9. The molecule has 0 amide bonds. The summed E-state index contributed by atoms with van der Waals surface area (Å²) in [5.74, 6) is 1.66. The third-order valence-electron chi connectivity index (χ3n) is 4.69. The smallest absolute Gasteiger partial charge is 0.269 e. The van der Waals surface area contributed by atoms with E-state index in [9.17, 15) is 10.1 Å². The van der Waals surface area contributed by atoms with Gasteiger partial charge in [0, 0.05) is 57.7 Å². The van der Waals surface area contributed by atoms with Gasteiger partial charge in [-0.15, -0.1) is 24.0 Å². The number of halogens is 1. The van der Waals surface area contributed by atoms with E-state index < -0.39 is 4.92 Å². The first-order chi connectivity index (χ1) is 13.1. The molecule has 0 bridgehead atoms. The van der Waals surface area contributed by atoms with E-state index in [1.807, 2.05) is 0 Å². The van der Waals surface area contributed by atoms with Gasteiger partial charge in [-0.3, -0.25) is 15.1 Å². The molecule has 0 unspecified atom stereocenters. The Morgan fingerprint density at radius 2 is 2.00 bits per heavy atom. The Hall–Kier alpha value is -1.62. The number of aliphatic imine (C=N–C) groups is 1. The molecule has 1 fully saturated rings. The van der Waals surface area contributed by atoms with Crippen LogP contribution in [0.5, 0.6) is 0 Å². The van der Waals surface area contributed by atoms with Crippen LogP contribution in [0.2, 0.25) is 0 Å². The van der Waals surface area contributed by atoms with E-state index in [-0.39, 0.29) is 29.7 Å². The van der Waals surface area contributed by atoms with Crippen LogP contribution in [-0.4, -0.2) is 62.2 Å². The van der Waals surface area contributed by atoms with Gasteiger partial charge in [-0.2, -0.15) is 0 Å². The molecule has 1 aliphatic heterocycles. The maximum atomic E-state index is 10.7. The predicted octanol–water partition coefficient (Wildman–Crippen LogP) is 3.34. The molecule has 1 heterocycles. The maximum Gasteiger partial charge on any atom is 0.269 e. The third-order valence-corrected chi connectivity index (χ3v) is 4.69. The second-order valence-electron chi connectivity index (χ2n) is 6.73. The summed E-state index contributed by atoms with van der Waals surface area (Å²) in [6.07, 6.45) is 3.46. The van der Waals surface area contributed by atoms with Crippen molar-refractivity contribution in [3.63, 3.8) is 0 Å². The lowest BCUT2D eigenvalue weighted by Gasteiger charge is -2.26. The molecule has 1 aromatic rings. The molecule has 1 aromatic carbocycles. The molecule has 158 valence electrons. The van der Waals surface area contributed by atoms with Crippen molar-refractivity contribution < 1.29 is 9.66 Å². The molecular weight excluding hydrogens is 473 g/mol. The van der Waals surface area contributed by atoms with Crippen molar-refractivity contribution in [1.29, 1.82) is 0 Å². The molecule has 8 nitrogen and oxygen atoms in total. The van der Waals surface area contributed by atoms with Gasteiger partial charge < -0.3 is 20.3 Å². The van der Waals surface area contributed by atoms with E-state index in [4.69, 9.17) is 4.74 Å². The van der Waals surface area contributed by atoms with Gasteiger partial charge in [0.25, 0.3) is 5.69 Å². The quantitative estimate of drug-likeness (QED) is 0.134. The highest BCUT2D eigenvalue weighted by Crippen LogP contribution is 2.18. The Labute approximate surface area is 184 Å². The van der Waals surface area contributed by atoms with E-state index in [0.29, 0.717) is 13.1 Å². The Balaban J connectivity index is 0.00000392. The Morgan fingerprint density at radius 1 is 1.32 bits per heavy atom. The third kappa shape index (κ3) is 8.59. The van der Waals surface area contributed by atoms with Crippen molar-refractivity contribution in [2.75, 3.05) is 51.8 Å². The first-order valence-corrected chi connectivity index (χ1v) is 9.65. The van der Waals surface area contributed by atoms with Crippen LogP contribution in [0, 0.1) is 16.0 Å². The van der Waals surface area contributed by atoms with E-state index in [2.05, 4.69) is 34.5 Å². The Kier molecular flexibility index (Phi) is 11.8. The number of ether oxygens (including phenoxy) is 1. The largest absolute Gasteiger partial charge is 0.383 e. The molecule has 0 spiro atoms. The maximum absolute atomic E-state index is 10.7. The van der Waals surface area contributed by atoms with Crippen molar-refractivity contribution >= 4 is 41.3 Å². The van der Waals surface area contributed by atoms with Gasteiger partial charge in [0.15, 0.2) is 5.96 Å². The van der Waals surface area contributed by atoms with Gasteiger partial charge in [0.05, 0.1) is 11.5 Å². The molecule has 2 N–H and O–H groups in total. The van der Waals surface area contributed by atoms with Gasteiger partial charge in [-0.05, 0) is 44.2 Å². The molecule has 0 saturated carbocycles. The standard InChI is InChI=1S/C19H31N5O3.HI/c1-3-20-19(23(2)13-8-16-9-14-27-15-10-16)22-12-11-21-17-4-6-18(7-5-17)24(25)26;/h4-7,16,21H,3,8-15H2,1-2H3,(H,20,22);1H. The number of guanidine groups is 1. The lowest BCUT2D eigenvalue weighted by molar-refractivity contribution is -0.384. The van der Waals surface area contributed by atoms with Crippen molar-refractivity contribution in [3.8, 4) is 0 Å². The molecule has 1 saturated heterocycles. The van der Waals surface area contributed by atoms with Crippen molar-refractivity contribution in [3.05, 3.63) is 34.4 Å². The highest BCUT2D eigenvalue weighted by Gasteiger charge is 2.15. The van der Waals surface area contributed by atoms with Gasteiger partial charge in [-0.25, -0.2) is 0 Å². The van der Waals surface area contributed by atoms with E-state index in [1.165, 1.54) is 12.1 Å². The summed E-state index contributed by atoms with van der Waals surface area (Å²) in [6, 6.07) is 6.43. The van der Waals surface area contributed by atoms with E-state index in [0.717, 1.165) is 63.1 Å². The van der Waals surface area contributed by atoms with Crippen molar-refractivity contribution in [2.24, 2.45) is 10.9 Å². The minimum absolute atomic E-state index is 0. The van der Waals surface area contributed by atoms with Gasteiger partial charge in [0.2, 0.25) is 0 Å². The van der Waals surface area contributed by atoms with Crippen LogP contribution in [-0.2, 0) is 4.74 Å². The average molecular weight is 505 g/mol. The second kappa shape index (κ2) is 13.5. The van der Waals surface area contributed by atoms with Crippen LogP contribution < -0.4 is 10.6 Å². The number of non-ortho nitro benzene ring substituents is 1. The fraction of sp³-hybridized carbons (Fsp3) is 0.632. The molecule has 0 aromatic heterocycles. The molecular formula is C19H32IN5O3. The van der Waals surface area contributed by atoms with Gasteiger partial charge in [0.1, 0.15) is 0 Å². The number of anilines is 1. The van der Waals surface area contributed by atoms with Crippen LogP contribution in [0.25, 0.3) is 0 Å². The zero-order valence-electron chi connectivity index (χ0n) is 16.7.